The fourth-order valence-electron chi connectivity index (χ4n) is 3.71. The molecule has 13 nitrogen and oxygen atoms in total. The van der Waals surface area contributed by atoms with Crippen molar-refractivity contribution in [3.63, 3.8) is 0 Å². The standard InChI is InChI=1S/C22H22N6O7S3/c1-2-35-26-15(13-10-38-22(23)24-13)18(31)25-16-19(32)28-17(21(33)34)11(9-37-20(16)28)8-36-12-3-5-27(6-4-12)7-14(29)30/h3-6,10,16,20H,2,7-9H2,1H3,(H4-,23,24,25,29,30,31,33,34)/p+1/b26-15+/t16-,20-/m1/s1. The second kappa shape index (κ2) is 11.8. The third kappa shape index (κ3) is 5.92. The number of rotatable bonds is 11. The number of amides is 2. The Kier molecular flexibility index (Phi) is 8.53. The van der Waals surface area contributed by atoms with Crippen LogP contribution in [0.5, 0.6) is 0 Å². The van der Waals surface area contributed by atoms with Crippen molar-refractivity contribution in [3.05, 3.63) is 46.9 Å². The van der Waals surface area contributed by atoms with E-state index in [0.29, 0.717) is 17.1 Å². The van der Waals surface area contributed by atoms with Gasteiger partial charge in [0.25, 0.3) is 11.8 Å². The van der Waals surface area contributed by atoms with Crippen LogP contribution in [0.15, 0.2) is 51.2 Å². The van der Waals surface area contributed by atoms with Crippen molar-refractivity contribution < 1.29 is 38.8 Å². The fraction of sp³-hybridized carbons (Fsp3) is 0.318. The molecule has 0 aliphatic carbocycles. The van der Waals surface area contributed by atoms with Crippen LogP contribution >= 0.6 is 34.9 Å². The first kappa shape index (κ1) is 27.4. The molecule has 4 heterocycles. The summed E-state index contributed by atoms with van der Waals surface area (Å²) in [6.07, 6.45) is 3.26. The van der Waals surface area contributed by atoms with Gasteiger partial charge >= 0.3 is 11.9 Å². The molecule has 0 saturated carbocycles. The Labute approximate surface area is 228 Å². The number of nitrogens with zero attached hydrogens (tertiary/aromatic N) is 4. The number of aliphatic carboxylic acids is 2. The summed E-state index contributed by atoms with van der Waals surface area (Å²) in [5.41, 5.74) is 6.22. The zero-order valence-electron chi connectivity index (χ0n) is 19.9. The van der Waals surface area contributed by atoms with Gasteiger partial charge in [0.15, 0.2) is 23.2 Å². The van der Waals surface area contributed by atoms with Gasteiger partial charge in [-0.1, -0.05) is 5.16 Å². The normalized spacial score (nSPS) is 19.0. The lowest BCUT2D eigenvalue weighted by atomic mass is 10.0. The molecule has 5 N–H and O–H groups in total. The largest absolute Gasteiger partial charge is 0.477 e. The van der Waals surface area contributed by atoms with E-state index in [1.54, 1.807) is 36.8 Å². The number of nitrogen functional groups attached to an aromatic ring is 1. The Hall–Kier alpha value is -3.63. The Balaban J connectivity index is 1.45. The Bertz CT molecular complexity index is 1330. The van der Waals surface area contributed by atoms with Crippen LogP contribution in [0.25, 0.3) is 0 Å². The van der Waals surface area contributed by atoms with Gasteiger partial charge in [0, 0.05) is 33.9 Å². The average Bonchev–Trinajstić information content (AvgIpc) is 3.31. The number of carbonyl (C=O) groups is 4. The van der Waals surface area contributed by atoms with Crippen LogP contribution in [0.4, 0.5) is 5.13 Å². The molecule has 2 aliphatic heterocycles. The van der Waals surface area contributed by atoms with Crippen molar-refractivity contribution in [3.8, 4) is 0 Å². The van der Waals surface area contributed by atoms with Gasteiger partial charge in [0.2, 0.25) is 6.54 Å². The lowest BCUT2D eigenvalue weighted by Gasteiger charge is -2.49. The number of oxime groups is 1. The van der Waals surface area contributed by atoms with Crippen molar-refractivity contribution in [1.82, 2.24) is 15.2 Å². The van der Waals surface area contributed by atoms with E-state index in [-0.39, 0.29) is 35.4 Å². The second-order valence-corrected chi connectivity index (χ2v) is 11.0. The van der Waals surface area contributed by atoms with Crippen LogP contribution in [0.2, 0.25) is 0 Å². The lowest BCUT2D eigenvalue weighted by Crippen LogP contribution is -2.71. The van der Waals surface area contributed by atoms with Crippen molar-refractivity contribution in [1.29, 1.82) is 0 Å². The number of β-lactam (4-membered cyclic amide) rings is 1. The number of pyridine rings is 1. The molecule has 1 fully saturated rings. The number of anilines is 1. The van der Waals surface area contributed by atoms with E-state index in [1.165, 1.54) is 33.0 Å². The Morgan fingerprint density at radius 2 is 2.08 bits per heavy atom. The van der Waals surface area contributed by atoms with E-state index in [9.17, 15) is 24.3 Å². The molecule has 16 heteroatoms. The average molecular weight is 580 g/mol. The topological polar surface area (TPSA) is 188 Å². The van der Waals surface area contributed by atoms with Gasteiger partial charge in [-0.15, -0.1) is 34.9 Å². The number of nitrogens with one attached hydrogen (secondary N) is 1. The highest BCUT2D eigenvalue weighted by atomic mass is 32.2. The minimum absolute atomic E-state index is 0.0934. The number of aromatic nitrogens is 2. The molecule has 0 aromatic carbocycles. The molecule has 2 amide bonds. The molecule has 0 bridgehead atoms. The first-order valence-corrected chi connectivity index (χ1v) is 14.1. The van der Waals surface area contributed by atoms with Gasteiger partial charge in [-0.2, -0.15) is 4.57 Å². The van der Waals surface area contributed by atoms with Crippen molar-refractivity contribution >= 4 is 69.5 Å². The summed E-state index contributed by atoms with van der Waals surface area (Å²) in [5, 5.41) is 26.4. The highest BCUT2D eigenvalue weighted by molar-refractivity contribution is 8.01. The smallest absolute Gasteiger partial charge is 0.370 e. The predicted molar refractivity (Wildman–Crippen MR) is 139 cm³/mol. The third-order valence-electron chi connectivity index (χ3n) is 5.39. The Morgan fingerprint density at radius 3 is 2.68 bits per heavy atom. The molecule has 2 atom stereocenters. The van der Waals surface area contributed by atoms with Crippen LogP contribution < -0.4 is 15.6 Å². The molecule has 38 heavy (non-hydrogen) atoms. The van der Waals surface area contributed by atoms with E-state index in [1.807, 2.05) is 0 Å². The summed E-state index contributed by atoms with van der Waals surface area (Å²) >= 11 is 3.85. The number of hydrogen-bond acceptors (Lipinski definition) is 11. The minimum atomic E-state index is -1.23. The highest BCUT2D eigenvalue weighted by Gasteiger charge is 2.54. The predicted octanol–water partition coefficient (Wildman–Crippen LogP) is 0.369. The molecule has 1 saturated heterocycles. The summed E-state index contributed by atoms with van der Waals surface area (Å²) in [7, 11) is 0. The SMILES string of the molecule is CCO/N=C(/C(=O)N[C@@H]1C(=O)N2C(C(=O)O)=C(CSc3cc[n+](CC(=O)O)cc3)CS[C@H]12)c1csc(N)n1. The quantitative estimate of drug-likeness (QED) is 0.0946. The maximum Gasteiger partial charge on any atom is 0.370 e. The lowest BCUT2D eigenvalue weighted by molar-refractivity contribution is -0.686. The number of carbonyl (C=O) groups excluding carboxylic acids is 2. The minimum Gasteiger partial charge on any atom is -0.477 e. The number of thioether (sulfide) groups is 2. The van der Waals surface area contributed by atoms with Crippen LogP contribution in [0.3, 0.4) is 0 Å². The van der Waals surface area contributed by atoms with E-state index < -0.39 is 35.2 Å². The molecule has 0 radical (unpaired) electrons. The van der Waals surface area contributed by atoms with E-state index in [4.69, 9.17) is 15.7 Å². The number of hydrogen-bond donors (Lipinski definition) is 4. The third-order valence-corrected chi connectivity index (χ3v) is 8.50. The van der Waals surface area contributed by atoms with Crippen LogP contribution in [-0.4, -0.2) is 79.1 Å². The molecule has 200 valence electrons. The molecule has 2 aromatic heterocycles. The van der Waals surface area contributed by atoms with Crippen molar-refractivity contribution in [2.45, 2.75) is 29.8 Å². The van der Waals surface area contributed by atoms with Gasteiger partial charge in [-0.25, -0.2) is 14.6 Å². The Morgan fingerprint density at radius 1 is 1.34 bits per heavy atom. The highest BCUT2D eigenvalue weighted by Crippen LogP contribution is 2.41. The summed E-state index contributed by atoms with van der Waals surface area (Å²) < 4.78 is 1.51. The van der Waals surface area contributed by atoms with Crippen molar-refractivity contribution in [2.24, 2.45) is 5.16 Å². The molecule has 2 aromatic rings. The maximum absolute atomic E-state index is 13.0. The second-order valence-electron chi connectivity index (χ2n) is 7.94. The number of fused-ring (bicyclic) bond motifs is 1. The number of carboxylic acid groups (broad SMARTS) is 2. The summed E-state index contributed by atoms with van der Waals surface area (Å²) in [6.45, 7) is 1.75. The first-order chi connectivity index (χ1) is 18.2. The molecule has 2 aliphatic rings. The van der Waals surface area contributed by atoms with Crippen LogP contribution in [-0.2, 0) is 30.6 Å². The van der Waals surface area contributed by atoms with Gasteiger partial charge in [-0.05, 0) is 12.5 Å². The van der Waals surface area contributed by atoms with Crippen LogP contribution in [0.1, 0.15) is 12.6 Å². The van der Waals surface area contributed by atoms with Gasteiger partial charge in [0.05, 0.1) is 0 Å². The molecule has 0 spiro atoms. The monoisotopic (exact) mass is 579 g/mol. The number of thiazole rings is 1. The van der Waals surface area contributed by atoms with Crippen molar-refractivity contribution in [2.75, 3.05) is 23.8 Å². The van der Waals surface area contributed by atoms with E-state index in [2.05, 4.69) is 15.5 Å². The van der Waals surface area contributed by atoms with Gasteiger partial charge < -0.3 is 26.1 Å². The van der Waals surface area contributed by atoms with E-state index >= 15 is 0 Å². The zero-order chi connectivity index (χ0) is 27.4. The molecule has 0 unspecified atom stereocenters. The van der Waals surface area contributed by atoms with Gasteiger partial charge in [-0.3, -0.25) is 14.5 Å². The zero-order valence-corrected chi connectivity index (χ0v) is 22.3. The number of carboxylic acids is 2. The molecular weight excluding hydrogens is 556 g/mol. The molecule has 4 rings (SSSR count). The fourth-order valence-corrected chi connectivity index (χ4v) is 6.62. The summed E-state index contributed by atoms with van der Waals surface area (Å²) in [6, 6.07) is 2.54. The summed E-state index contributed by atoms with van der Waals surface area (Å²) in [5.74, 6) is -2.74. The maximum atomic E-state index is 13.0. The first-order valence-electron chi connectivity index (χ1n) is 11.2. The summed E-state index contributed by atoms with van der Waals surface area (Å²) in [4.78, 5) is 60.0. The van der Waals surface area contributed by atoms with Gasteiger partial charge in [0.1, 0.15) is 29.4 Å². The molecular formula is C22H23N6O7S3+. The van der Waals surface area contributed by atoms with Crippen LogP contribution in [0, 0.1) is 0 Å². The number of nitrogens with two attached hydrogens (primary N) is 1. The van der Waals surface area contributed by atoms with E-state index in [0.717, 1.165) is 16.2 Å².